The highest BCUT2D eigenvalue weighted by Crippen LogP contribution is 2.36. The molecular formula is C13H11F4NO. The van der Waals surface area contributed by atoms with Crippen molar-refractivity contribution in [3.05, 3.63) is 40.7 Å². The van der Waals surface area contributed by atoms with Crippen LogP contribution >= 0.6 is 0 Å². The molecule has 0 aliphatic carbocycles. The standard InChI is InChI=1S/C13H11F4NO/c1-5(2)8-9(7-4-6(3)19-18-7)11(15)13(17)12(16)10(8)14/h4-5H,1-3H3. The van der Waals surface area contributed by atoms with E-state index in [1.54, 1.807) is 20.8 Å². The summed E-state index contributed by atoms with van der Waals surface area (Å²) in [6.45, 7) is 4.65. The largest absolute Gasteiger partial charge is 0.361 e. The lowest BCUT2D eigenvalue weighted by atomic mass is 9.93. The highest BCUT2D eigenvalue weighted by molar-refractivity contribution is 5.66. The van der Waals surface area contributed by atoms with Gasteiger partial charge >= 0.3 is 0 Å². The van der Waals surface area contributed by atoms with Crippen molar-refractivity contribution in [3.63, 3.8) is 0 Å². The predicted octanol–water partition coefficient (Wildman–Crippen LogP) is 4.33. The van der Waals surface area contributed by atoms with Crippen LogP contribution in [0, 0.1) is 30.2 Å². The van der Waals surface area contributed by atoms with Gasteiger partial charge in [0.2, 0.25) is 0 Å². The zero-order valence-corrected chi connectivity index (χ0v) is 10.5. The van der Waals surface area contributed by atoms with E-state index in [1.807, 2.05) is 0 Å². The number of rotatable bonds is 2. The molecule has 0 fully saturated rings. The van der Waals surface area contributed by atoms with Crippen molar-refractivity contribution in [2.75, 3.05) is 0 Å². The summed E-state index contributed by atoms with van der Waals surface area (Å²) in [6.07, 6.45) is 0. The van der Waals surface area contributed by atoms with Gasteiger partial charge in [-0.25, -0.2) is 17.6 Å². The van der Waals surface area contributed by atoms with Crippen LogP contribution in [-0.2, 0) is 0 Å². The molecule has 6 heteroatoms. The Morgan fingerprint density at radius 3 is 2.05 bits per heavy atom. The molecule has 0 saturated heterocycles. The number of halogens is 4. The van der Waals surface area contributed by atoms with Gasteiger partial charge in [-0.15, -0.1) is 0 Å². The zero-order chi connectivity index (χ0) is 14.3. The maximum Gasteiger partial charge on any atom is 0.198 e. The Hall–Kier alpha value is -1.85. The predicted molar refractivity (Wildman–Crippen MR) is 60.6 cm³/mol. The van der Waals surface area contributed by atoms with E-state index in [-0.39, 0.29) is 11.3 Å². The first-order valence-electron chi connectivity index (χ1n) is 5.64. The second-order valence-corrected chi connectivity index (χ2v) is 4.52. The highest BCUT2D eigenvalue weighted by Gasteiger charge is 2.28. The minimum atomic E-state index is -1.85. The summed E-state index contributed by atoms with van der Waals surface area (Å²) in [6, 6.07) is 1.33. The van der Waals surface area contributed by atoms with E-state index in [0.717, 1.165) is 0 Å². The monoisotopic (exact) mass is 273 g/mol. The van der Waals surface area contributed by atoms with E-state index < -0.39 is 34.8 Å². The van der Waals surface area contributed by atoms with E-state index in [9.17, 15) is 17.6 Å². The lowest BCUT2D eigenvalue weighted by molar-refractivity contribution is 0.393. The Labute approximate surface area is 107 Å². The van der Waals surface area contributed by atoms with Crippen molar-refractivity contribution in [3.8, 4) is 11.3 Å². The third kappa shape index (κ3) is 2.11. The highest BCUT2D eigenvalue weighted by atomic mass is 19.2. The van der Waals surface area contributed by atoms with Crippen LogP contribution in [0.15, 0.2) is 10.6 Å². The molecule has 0 aliphatic rings. The minimum Gasteiger partial charge on any atom is -0.361 e. The van der Waals surface area contributed by atoms with Gasteiger partial charge < -0.3 is 4.52 Å². The van der Waals surface area contributed by atoms with Gasteiger partial charge in [0.1, 0.15) is 11.5 Å². The first-order chi connectivity index (χ1) is 8.84. The van der Waals surface area contributed by atoms with Crippen LogP contribution in [0.1, 0.15) is 31.1 Å². The van der Waals surface area contributed by atoms with Gasteiger partial charge in [0.05, 0.1) is 0 Å². The summed E-state index contributed by atoms with van der Waals surface area (Å²) < 4.78 is 59.1. The van der Waals surface area contributed by atoms with Crippen molar-refractivity contribution in [2.45, 2.75) is 26.7 Å². The fourth-order valence-corrected chi connectivity index (χ4v) is 1.93. The van der Waals surface area contributed by atoms with Crippen molar-refractivity contribution in [2.24, 2.45) is 0 Å². The molecule has 1 aromatic heterocycles. The molecule has 102 valence electrons. The molecule has 0 spiro atoms. The number of hydrogen-bond donors (Lipinski definition) is 0. The second-order valence-electron chi connectivity index (χ2n) is 4.52. The van der Waals surface area contributed by atoms with Gasteiger partial charge in [-0.1, -0.05) is 19.0 Å². The molecule has 2 aromatic rings. The van der Waals surface area contributed by atoms with Gasteiger partial charge in [-0.05, 0) is 12.8 Å². The van der Waals surface area contributed by atoms with Crippen molar-refractivity contribution < 1.29 is 22.1 Å². The Balaban J connectivity index is 2.85. The average Bonchev–Trinajstić information content (AvgIpc) is 2.76. The molecule has 0 unspecified atom stereocenters. The maximum absolute atomic E-state index is 13.9. The molecule has 0 aliphatic heterocycles. The van der Waals surface area contributed by atoms with Crippen LogP contribution in [0.5, 0.6) is 0 Å². The molecular weight excluding hydrogens is 262 g/mol. The summed E-state index contributed by atoms with van der Waals surface area (Å²) >= 11 is 0. The van der Waals surface area contributed by atoms with Crippen LogP contribution < -0.4 is 0 Å². The number of benzene rings is 1. The van der Waals surface area contributed by atoms with Gasteiger partial charge in [-0.2, -0.15) is 0 Å². The topological polar surface area (TPSA) is 26.0 Å². The molecule has 19 heavy (non-hydrogen) atoms. The van der Waals surface area contributed by atoms with Gasteiger partial charge in [-0.3, -0.25) is 0 Å². The van der Waals surface area contributed by atoms with Crippen LogP contribution in [0.3, 0.4) is 0 Å². The zero-order valence-electron chi connectivity index (χ0n) is 10.5. The molecule has 0 bridgehead atoms. The second kappa shape index (κ2) is 4.68. The Bertz CT molecular complexity index is 634. The molecule has 0 amide bonds. The molecule has 2 rings (SSSR count). The molecule has 1 heterocycles. The normalized spacial score (nSPS) is 11.4. The quantitative estimate of drug-likeness (QED) is 0.462. The molecule has 1 aromatic carbocycles. The molecule has 0 saturated carbocycles. The summed E-state index contributed by atoms with van der Waals surface area (Å²) in [5.74, 6) is -6.71. The molecule has 0 radical (unpaired) electrons. The first kappa shape index (κ1) is 13.6. The number of aromatic nitrogens is 1. The van der Waals surface area contributed by atoms with Crippen molar-refractivity contribution >= 4 is 0 Å². The van der Waals surface area contributed by atoms with Crippen molar-refractivity contribution in [1.29, 1.82) is 0 Å². The Morgan fingerprint density at radius 1 is 1.00 bits per heavy atom. The van der Waals surface area contributed by atoms with E-state index >= 15 is 0 Å². The molecule has 0 N–H and O–H groups in total. The van der Waals surface area contributed by atoms with E-state index in [4.69, 9.17) is 4.52 Å². The number of aryl methyl sites for hydroxylation is 1. The number of hydrogen-bond acceptors (Lipinski definition) is 2. The maximum atomic E-state index is 13.9. The summed E-state index contributed by atoms with van der Waals surface area (Å²) in [4.78, 5) is 0. The smallest absolute Gasteiger partial charge is 0.198 e. The van der Waals surface area contributed by atoms with Gasteiger partial charge in [0.25, 0.3) is 0 Å². The van der Waals surface area contributed by atoms with Crippen LogP contribution in [0.2, 0.25) is 0 Å². The average molecular weight is 273 g/mol. The van der Waals surface area contributed by atoms with E-state index in [0.29, 0.717) is 5.76 Å². The lowest BCUT2D eigenvalue weighted by Gasteiger charge is -2.14. The summed E-state index contributed by atoms with van der Waals surface area (Å²) in [5, 5.41) is 3.53. The SMILES string of the molecule is Cc1cc(-c2c(F)c(F)c(F)c(F)c2C(C)C)no1. The van der Waals surface area contributed by atoms with Crippen molar-refractivity contribution in [1.82, 2.24) is 5.16 Å². The van der Waals surface area contributed by atoms with Gasteiger partial charge in [0.15, 0.2) is 23.3 Å². The van der Waals surface area contributed by atoms with E-state index in [2.05, 4.69) is 5.16 Å². The summed E-state index contributed by atoms with van der Waals surface area (Å²) in [7, 11) is 0. The van der Waals surface area contributed by atoms with Crippen LogP contribution in [0.25, 0.3) is 11.3 Å². The third-order valence-corrected chi connectivity index (χ3v) is 2.76. The Morgan fingerprint density at radius 2 is 1.58 bits per heavy atom. The van der Waals surface area contributed by atoms with E-state index in [1.165, 1.54) is 6.07 Å². The van der Waals surface area contributed by atoms with Crippen LogP contribution in [0.4, 0.5) is 17.6 Å². The minimum absolute atomic E-state index is 0.0588. The fraction of sp³-hybridized carbons (Fsp3) is 0.308. The number of nitrogens with zero attached hydrogens (tertiary/aromatic N) is 1. The lowest BCUT2D eigenvalue weighted by Crippen LogP contribution is -2.07. The fourth-order valence-electron chi connectivity index (χ4n) is 1.93. The van der Waals surface area contributed by atoms with Crippen LogP contribution in [-0.4, -0.2) is 5.16 Å². The first-order valence-corrected chi connectivity index (χ1v) is 5.64. The third-order valence-electron chi connectivity index (χ3n) is 2.76. The molecule has 0 atom stereocenters. The van der Waals surface area contributed by atoms with Gasteiger partial charge in [0, 0.05) is 17.2 Å². The molecule has 2 nitrogen and oxygen atoms in total. The summed E-state index contributed by atoms with van der Waals surface area (Å²) in [5.41, 5.74) is -0.718. The Kier molecular flexibility index (Phi) is 3.34.